The highest BCUT2D eigenvalue weighted by atomic mass is 35.5. The van der Waals surface area contributed by atoms with E-state index in [-0.39, 0.29) is 5.69 Å². The van der Waals surface area contributed by atoms with Gasteiger partial charge in [-0.05, 0) is 40.6 Å². The highest BCUT2D eigenvalue weighted by Gasteiger charge is 2.15. The van der Waals surface area contributed by atoms with E-state index in [9.17, 15) is 4.79 Å². The van der Waals surface area contributed by atoms with Gasteiger partial charge in [-0.15, -0.1) is 5.10 Å². The first-order valence-electron chi connectivity index (χ1n) is 11.0. The third-order valence-electron chi connectivity index (χ3n) is 5.65. The van der Waals surface area contributed by atoms with E-state index in [2.05, 4.69) is 32.5 Å². The van der Waals surface area contributed by atoms with E-state index in [1.54, 1.807) is 21.4 Å². The fourth-order valence-corrected chi connectivity index (χ4v) is 4.24. The van der Waals surface area contributed by atoms with Crippen molar-refractivity contribution in [3.8, 4) is 28.3 Å². The van der Waals surface area contributed by atoms with Crippen LogP contribution in [0, 0.1) is 0 Å². The number of rotatable bonds is 7. The van der Waals surface area contributed by atoms with Crippen molar-refractivity contribution in [1.29, 1.82) is 0 Å². The second-order valence-corrected chi connectivity index (χ2v) is 8.31. The summed E-state index contributed by atoms with van der Waals surface area (Å²) in [5.74, 6) is 0.582. The van der Waals surface area contributed by atoms with Gasteiger partial charge in [0.1, 0.15) is 0 Å². The number of aromatic amines is 1. The van der Waals surface area contributed by atoms with Crippen LogP contribution in [-0.4, -0.2) is 34.7 Å². The zero-order chi connectivity index (χ0) is 23.5. The quantitative estimate of drug-likeness (QED) is 0.376. The number of benzene rings is 2. The van der Waals surface area contributed by atoms with Crippen molar-refractivity contribution < 1.29 is 0 Å². The van der Waals surface area contributed by atoms with Crippen LogP contribution in [0.15, 0.2) is 77.9 Å². The molecule has 0 radical (unpaired) electrons. The Bertz CT molecular complexity index is 1470. The molecule has 34 heavy (non-hydrogen) atoms. The predicted molar refractivity (Wildman–Crippen MR) is 131 cm³/mol. The van der Waals surface area contributed by atoms with Gasteiger partial charge in [0, 0.05) is 29.2 Å². The molecule has 0 bridgehead atoms. The van der Waals surface area contributed by atoms with Crippen molar-refractivity contribution in [2.75, 3.05) is 0 Å². The van der Waals surface area contributed by atoms with Gasteiger partial charge in [0.05, 0.1) is 22.9 Å². The number of aromatic nitrogens is 7. The molecule has 5 aromatic rings. The highest BCUT2D eigenvalue weighted by molar-refractivity contribution is 6.32. The Hall–Kier alpha value is -4.04. The van der Waals surface area contributed by atoms with Crippen LogP contribution >= 0.6 is 11.6 Å². The molecular formula is C25H22ClN7O. The second-order valence-electron chi connectivity index (χ2n) is 7.91. The SMILES string of the molecule is CCCc1cn(-c2ccccc2Cl)c(=O)n1Cc1ccc(-c2ccccc2-c2nnn[nH]2)nc1. The van der Waals surface area contributed by atoms with Gasteiger partial charge in [-0.1, -0.05) is 67.4 Å². The van der Waals surface area contributed by atoms with Crippen LogP contribution in [0.5, 0.6) is 0 Å². The van der Waals surface area contributed by atoms with Crippen molar-refractivity contribution in [3.05, 3.63) is 99.8 Å². The number of aryl methyl sites for hydroxylation is 1. The van der Waals surface area contributed by atoms with Crippen molar-refractivity contribution in [2.45, 2.75) is 26.3 Å². The normalized spacial score (nSPS) is 11.1. The smallest absolute Gasteiger partial charge is 0.292 e. The van der Waals surface area contributed by atoms with Crippen LogP contribution < -0.4 is 5.69 Å². The lowest BCUT2D eigenvalue weighted by Crippen LogP contribution is -2.25. The second kappa shape index (κ2) is 9.44. The lowest BCUT2D eigenvalue weighted by molar-refractivity contribution is 0.690. The number of nitrogens with zero attached hydrogens (tertiary/aromatic N) is 6. The number of nitrogens with one attached hydrogen (secondary N) is 1. The molecular weight excluding hydrogens is 450 g/mol. The van der Waals surface area contributed by atoms with Crippen molar-refractivity contribution >= 4 is 11.6 Å². The van der Waals surface area contributed by atoms with Gasteiger partial charge < -0.3 is 0 Å². The Morgan fingerprint density at radius 1 is 1.00 bits per heavy atom. The van der Waals surface area contributed by atoms with E-state index in [0.29, 0.717) is 23.1 Å². The first-order chi connectivity index (χ1) is 16.7. The number of para-hydroxylation sites is 1. The Kier molecular flexibility index (Phi) is 6.05. The fraction of sp³-hybridized carbons (Fsp3) is 0.160. The fourth-order valence-electron chi connectivity index (χ4n) is 4.02. The Morgan fingerprint density at radius 3 is 2.50 bits per heavy atom. The largest absolute Gasteiger partial charge is 0.333 e. The van der Waals surface area contributed by atoms with Gasteiger partial charge in [0.2, 0.25) is 0 Å². The molecule has 0 fully saturated rings. The maximum atomic E-state index is 13.3. The number of halogens is 1. The molecule has 3 heterocycles. The van der Waals surface area contributed by atoms with Gasteiger partial charge in [0.15, 0.2) is 5.82 Å². The van der Waals surface area contributed by atoms with E-state index in [1.165, 1.54) is 0 Å². The minimum absolute atomic E-state index is 0.121. The van der Waals surface area contributed by atoms with Crippen LogP contribution in [0.2, 0.25) is 5.02 Å². The molecule has 0 aliphatic carbocycles. The number of pyridine rings is 1. The number of hydrogen-bond donors (Lipinski definition) is 1. The van der Waals surface area contributed by atoms with Crippen LogP contribution in [0.1, 0.15) is 24.6 Å². The van der Waals surface area contributed by atoms with E-state index < -0.39 is 0 Å². The standard InChI is InChI=1S/C25H22ClN7O/c1-2-7-18-16-33(23-11-6-5-10-21(23)26)25(34)32(18)15-17-12-13-22(27-14-17)19-8-3-4-9-20(19)24-28-30-31-29-24/h3-6,8-14,16H,2,7,15H2,1H3,(H,28,29,30,31). The molecule has 0 atom stereocenters. The molecule has 2 aromatic carbocycles. The van der Waals surface area contributed by atoms with Crippen LogP contribution in [0.25, 0.3) is 28.3 Å². The molecule has 8 nitrogen and oxygen atoms in total. The lowest BCUT2D eigenvalue weighted by atomic mass is 10.0. The summed E-state index contributed by atoms with van der Waals surface area (Å²) in [5, 5.41) is 14.7. The molecule has 5 rings (SSSR count). The molecule has 0 amide bonds. The van der Waals surface area contributed by atoms with Gasteiger partial charge in [-0.25, -0.2) is 9.89 Å². The summed E-state index contributed by atoms with van der Waals surface area (Å²) in [6.07, 6.45) is 5.41. The highest BCUT2D eigenvalue weighted by Crippen LogP contribution is 2.28. The third kappa shape index (κ3) is 4.15. The molecule has 9 heteroatoms. The summed E-state index contributed by atoms with van der Waals surface area (Å²) >= 11 is 6.36. The van der Waals surface area contributed by atoms with Crippen molar-refractivity contribution in [2.24, 2.45) is 0 Å². The van der Waals surface area contributed by atoms with Gasteiger partial charge >= 0.3 is 5.69 Å². The molecule has 1 N–H and O–H groups in total. The number of imidazole rings is 1. The maximum Gasteiger partial charge on any atom is 0.333 e. The van der Waals surface area contributed by atoms with Crippen LogP contribution in [-0.2, 0) is 13.0 Å². The molecule has 3 aromatic heterocycles. The zero-order valence-corrected chi connectivity index (χ0v) is 19.3. The summed E-state index contributed by atoms with van der Waals surface area (Å²) in [7, 11) is 0. The number of hydrogen-bond acceptors (Lipinski definition) is 5. The lowest BCUT2D eigenvalue weighted by Gasteiger charge is -2.09. The summed E-state index contributed by atoms with van der Waals surface area (Å²) < 4.78 is 3.41. The van der Waals surface area contributed by atoms with Crippen LogP contribution in [0.4, 0.5) is 0 Å². The average molecular weight is 472 g/mol. The van der Waals surface area contributed by atoms with Gasteiger partial charge in [0.25, 0.3) is 0 Å². The molecule has 0 aliphatic rings. The summed E-state index contributed by atoms with van der Waals surface area (Å²) in [6.45, 7) is 2.52. The summed E-state index contributed by atoms with van der Waals surface area (Å²) in [4.78, 5) is 18.0. The van der Waals surface area contributed by atoms with Crippen molar-refractivity contribution in [3.63, 3.8) is 0 Å². The monoisotopic (exact) mass is 471 g/mol. The van der Waals surface area contributed by atoms with Crippen molar-refractivity contribution in [1.82, 2.24) is 34.7 Å². The zero-order valence-electron chi connectivity index (χ0n) is 18.5. The Morgan fingerprint density at radius 2 is 1.79 bits per heavy atom. The minimum Gasteiger partial charge on any atom is -0.292 e. The Labute approximate surface area is 200 Å². The first kappa shape index (κ1) is 21.8. The topological polar surface area (TPSA) is 94.3 Å². The van der Waals surface area contributed by atoms with E-state index in [1.807, 2.05) is 60.8 Å². The molecule has 170 valence electrons. The molecule has 0 spiro atoms. The number of H-pyrrole nitrogens is 1. The Balaban J connectivity index is 1.48. The third-order valence-corrected chi connectivity index (χ3v) is 5.97. The molecule has 0 aliphatic heterocycles. The first-order valence-corrected chi connectivity index (χ1v) is 11.4. The predicted octanol–water partition coefficient (Wildman–Crippen LogP) is 4.54. The molecule has 0 saturated carbocycles. The minimum atomic E-state index is -0.121. The number of tetrazole rings is 1. The van der Waals surface area contributed by atoms with E-state index in [4.69, 9.17) is 11.6 Å². The van der Waals surface area contributed by atoms with Crippen LogP contribution in [0.3, 0.4) is 0 Å². The van der Waals surface area contributed by atoms with E-state index >= 15 is 0 Å². The summed E-state index contributed by atoms with van der Waals surface area (Å²) in [5.41, 5.74) is 5.03. The average Bonchev–Trinajstić information content (AvgIpc) is 3.50. The molecule has 0 saturated heterocycles. The van der Waals surface area contributed by atoms with E-state index in [0.717, 1.165) is 40.9 Å². The molecule has 0 unspecified atom stereocenters. The van der Waals surface area contributed by atoms with Gasteiger partial charge in [-0.2, -0.15) is 0 Å². The summed E-state index contributed by atoms with van der Waals surface area (Å²) in [6, 6.07) is 19.1. The maximum absolute atomic E-state index is 13.3. The van der Waals surface area contributed by atoms with Gasteiger partial charge in [-0.3, -0.25) is 14.1 Å².